The largest absolute Gasteiger partial charge is 0.487 e. The minimum Gasteiger partial charge on any atom is -0.487 e. The van der Waals surface area contributed by atoms with Crippen LogP contribution in [0, 0.1) is 17.8 Å². The van der Waals surface area contributed by atoms with Crippen LogP contribution in [-0.2, 0) is 37.3 Å². The Labute approximate surface area is 276 Å². The topological polar surface area (TPSA) is 111 Å². The zero-order valence-electron chi connectivity index (χ0n) is 26.5. The highest BCUT2D eigenvalue weighted by molar-refractivity contribution is 7.90. The van der Waals surface area contributed by atoms with Crippen LogP contribution in [0.1, 0.15) is 73.9 Å². The van der Waals surface area contributed by atoms with Gasteiger partial charge >= 0.3 is 5.97 Å². The minimum absolute atomic E-state index is 0.175. The Balaban J connectivity index is 1.37. The zero-order chi connectivity index (χ0) is 32.4. The van der Waals surface area contributed by atoms with Crippen LogP contribution in [0.25, 0.3) is 0 Å². The first-order valence-electron chi connectivity index (χ1n) is 16.4. The lowest BCUT2D eigenvalue weighted by molar-refractivity contribution is -0.152. The third-order valence-corrected chi connectivity index (χ3v) is 12.3. The molecule has 2 aromatic carbocycles. The quantitative estimate of drug-likeness (QED) is 0.314. The number of hydrogen-bond donors (Lipinski definition) is 1. The van der Waals surface area contributed by atoms with Gasteiger partial charge < -0.3 is 19.1 Å². The third kappa shape index (κ3) is 7.24. The van der Waals surface area contributed by atoms with Gasteiger partial charge in [0, 0.05) is 30.1 Å². The molecule has 1 amide bonds. The van der Waals surface area contributed by atoms with Crippen LogP contribution >= 0.6 is 11.6 Å². The standard InChI is InChI=1S/C35H43ClN2O7S/c1-22-6-5-8-31(45-33-15-17-43-35(33)40)29-13-10-26(29)20-38-16-4-3-7-24-18-28(36)12-9-27(24)21-44-32-14-11-25(19-30(32)38)34(39)37-46(41,42)23(22)2/h5,8-9,11-12,14,18-19,22-23,26,29,31,33H,3-4,6-7,10,13,15-17,20-21H2,1-2H3,(H,37,39)/b8-5+/t22-,23+,26-,29+,31-,33+/m0/s1. The van der Waals surface area contributed by atoms with Crippen molar-refractivity contribution in [3.05, 3.63) is 70.3 Å². The number of allylic oxidation sites excluding steroid dienone is 1. The van der Waals surface area contributed by atoms with Crippen LogP contribution < -0.4 is 14.4 Å². The van der Waals surface area contributed by atoms with Gasteiger partial charge in [-0.05, 0) is 105 Å². The molecule has 3 aliphatic heterocycles. The third-order valence-electron chi connectivity index (χ3n) is 10.2. The van der Waals surface area contributed by atoms with Crippen molar-refractivity contribution >= 4 is 39.2 Å². The van der Waals surface area contributed by atoms with E-state index < -0.39 is 27.3 Å². The van der Waals surface area contributed by atoms with Gasteiger partial charge in [0.15, 0.2) is 6.10 Å². The van der Waals surface area contributed by atoms with Crippen LogP contribution in [-0.4, -0.2) is 57.4 Å². The molecule has 6 rings (SSSR count). The molecule has 6 atom stereocenters. The van der Waals surface area contributed by atoms with Crippen molar-refractivity contribution < 1.29 is 32.2 Å². The number of aryl methyl sites for hydroxylation is 1. The summed E-state index contributed by atoms with van der Waals surface area (Å²) in [6, 6.07) is 11.0. The Kier molecular flexibility index (Phi) is 9.96. The van der Waals surface area contributed by atoms with Crippen LogP contribution in [0.2, 0.25) is 5.02 Å². The summed E-state index contributed by atoms with van der Waals surface area (Å²) in [6.07, 6.45) is 8.77. The number of hydrogen-bond acceptors (Lipinski definition) is 8. The fourth-order valence-corrected chi connectivity index (χ4v) is 8.38. The first-order chi connectivity index (χ1) is 22.1. The number of rotatable bonds is 2. The molecule has 4 aliphatic rings. The van der Waals surface area contributed by atoms with E-state index in [2.05, 4.69) is 9.62 Å². The first-order valence-corrected chi connectivity index (χ1v) is 18.4. The summed E-state index contributed by atoms with van der Waals surface area (Å²) >= 11 is 6.34. The number of carbonyl (C=O) groups is 2. The Morgan fingerprint density at radius 3 is 2.61 bits per heavy atom. The molecular weight excluding hydrogens is 628 g/mol. The fourth-order valence-electron chi connectivity index (χ4n) is 6.90. The number of sulfonamides is 1. The summed E-state index contributed by atoms with van der Waals surface area (Å²) in [4.78, 5) is 28.1. The zero-order valence-corrected chi connectivity index (χ0v) is 28.0. The highest BCUT2D eigenvalue weighted by Crippen LogP contribution is 2.42. The maximum Gasteiger partial charge on any atom is 0.335 e. The highest BCUT2D eigenvalue weighted by atomic mass is 35.5. The second-order valence-corrected chi connectivity index (χ2v) is 15.6. The SMILES string of the molecule is C[C@@H]1[C@@H](C)C/C=C/[C@H](O[C@@H]2CCOC2=O)[C@@H]2CC[C@H]2CN2CCCCc3cc(Cl)ccc3COc3ccc(cc32)C(=O)NS1(=O)=O. The number of halogens is 1. The molecule has 9 nitrogen and oxygen atoms in total. The molecule has 248 valence electrons. The highest BCUT2D eigenvalue weighted by Gasteiger charge is 2.41. The first kappa shape index (κ1) is 32.8. The monoisotopic (exact) mass is 670 g/mol. The molecule has 46 heavy (non-hydrogen) atoms. The molecule has 1 N–H and O–H groups in total. The van der Waals surface area contributed by atoms with E-state index in [1.165, 1.54) is 0 Å². The normalized spacial score (nSPS) is 30.7. The van der Waals surface area contributed by atoms with E-state index in [0.717, 1.165) is 55.5 Å². The molecule has 1 aliphatic carbocycles. The lowest BCUT2D eigenvalue weighted by atomic mass is 9.70. The fraction of sp³-hybridized carbons (Fsp3) is 0.543. The van der Waals surface area contributed by atoms with Gasteiger partial charge in [-0.25, -0.2) is 17.9 Å². The Morgan fingerprint density at radius 1 is 1.00 bits per heavy atom. The number of ether oxygens (including phenoxy) is 3. The molecule has 1 saturated heterocycles. The summed E-state index contributed by atoms with van der Waals surface area (Å²) < 4.78 is 47.0. The van der Waals surface area contributed by atoms with Crippen molar-refractivity contribution in [2.75, 3.05) is 24.6 Å². The molecule has 2 fully saturated rings. The summed E-state index contributed by atoms with van der Waals surface area (Å²) in [7, 11) is -3.97. The Hall–Kier alpha value is -3.08. The van der Waals surface area contributed by atoms with Crippen LogP contribution in [0.5, 0.6) is 5.75 Å². The molecule has 0 unspecified atom stereocenters. The van der Waals surface area contributed by atoms with Crippen molar-refractivity contribution in [3.8, 4) is 5.75 Å². The summed E-state index contributed by atoms with van der Waals surface area (Å²) in [5, 5.41) is -0.120. The second kappa shape index (κ2) is 14.0. The van der Waals surface area contributed by atoms with Crippen LogP contribution in [0.15, 0.2) is 48.6 Å². The number of fused-ring (bicyclic) bond motifs is 3. The number of benzene rings is 2. The molecule has 3 heterocycles. The molecule has 0 radical (unpaired) electrons. The van der Waals surface area contributed by atoms with Crippen molar-refractivity contribution in [1.82, 2.24) is 4.72 Å². The van der Waals surface area contributed by atoms with E-state index in [-0.39, 0.29) is 35.4 Å². The number of anilines is 1. The van der Waals surface area contributed by atoms with Gasteiger partial charge in [-0.1, -0.05) is 36.7 Å². The molecule has 0 spiro atoms. The van der Waals surface area contributed by atoms with Crippen molar-refractivity contribution in [3.63, 3.8) is 0 Å². The predicted molar refractivity (Wildman–Crippen MR) is 177 cm³/mol. The smallest absolute Gasteiger partial charge is 0.335 e. The Morgan fingerprint density at radius 2 is 1.85 bits per heavy atom. The van der Waals surface area contributed by atoms with Gasteiger partial charge in [0.05, 0.1) is 23.6 Å². The van der Waals surface area contributed by atoms with Crippen molar-refractivity contribution in [2.45, 2.75) is 82.9 Å². The van der Waals surface area contributed by atoms with Gasteiger partial charge in [-0.3, -0.25) is 4.79 Å². The molecule has 11 heteroatoms. The summed E-state index contributed by atoms with van der Waals surface area (Å²) in [5.74, 6) is -0.163. The summed E-state index contributed by atoms with van der Waals surface area (Å²) in [5.41, 5.74) is 3.24. The van der Waals surface area contributed by atoms with E-state index in [4.69, 9.17) is 25.8 Å². The average Bonchev–Trinajstić information content (AvgIpc) is 3.40. The van der Waals surface area contributed by atoms with Crippen molar-refractivity contribution in [2.24, 2.45) is 17.8 Å². The number of carbonyl (C=O) groups excluding carboxylic acids is 2. The van der Waals surface area contributed by atoms with Crippen molar-refractivity contribution in [1.29, 1.82) is 0 Å². The van der Waals surface area contributed by atoms with E-state index in [1.807, 2.05) is 37.3 Å². The maximum absolute atomic E-state index is 13.4. The van der Waals surface area contributed by atoms with Crippen LogP contribution in [0.4, 0.5) is 5.69 Å². The summed E-state index contributed by atoms with van der Waals surface area (Å²) in [6.45, 7) is 5.61. The van der Waals surface area contributed by atoms with Gasteiger partial charge in [0.25, 0.3) is 5.91 Å². The molecule has 2 aromatic rings. The van der Waals surface area contributed by atoms with E-state index in [1.54, 1.807) is 25.1 Å². The second-order valence-electron chi connectivity index (χ2n) is 13.2. The predicted octanol–water partition coefficient (Wildman–Crippen LogP) is 5.83. The van der Waals surface area contributed by atoms with Gasteiger partial charge in [-0.15, -0.1) is 0 Å². The average molecular weight is 671 g/mol. The minimum atomic E-state index is -3.97. The molecule has 1 saturated carbocycles. The van der Waals surface area contributed by atoms with Gasteiger partial charge in [0.2, 0.25) is 10.0 Å². The molecule has 0 aromatic heterocycles. The number of amides is 1. The van der Waals surface area contributed by atoms with Gasteiger partial charge in [0.1, 0.15) is 12.4 Å². The van der Waals surface area contributed by atoms with Crippen LogP contribution in [0.3, 0.4) is 0 Å². The lowest BCUT2D eigenvalue weighted by Crippen LogP contribution is -2.45. The lowest BCUT2D eigenvalue weighted by Gasteiger charge is -2.44. The van der Waals surface area contributed by atoms with E-state index in [0.29, 0.717) is 43.4 Å². The number of nitrogens with zero attached hydrogens (tertiary/aromatic N) is 1. The van der Waals surface area contributed by atoms with E-state index >= 15 is 0 Å². The maximum atomic E-state index is 13.4. The number of nitrogens with one attached hydrogen (secondary N) is 1. The number of cyclic esters (lactones) is 1. The number of esters is 1. The molecular formula is C35H43ClN2O7S. The molecule has 2 bridgehead atoms. The van der Waals surface area contributed by atoms with E-state index in [9.17, 15) is 18.0 Å². The van der Waals surface area contributed by atoms with Gasteiger partial charge in [-0.2, -0.15) is 0 Å². The Bertz CT molecular complexity index is 1600.